The number of carbonyl (C=O) groups is 1. The molecule has 0 saturated carbocycles. The SMILES string of the molecule is CC(C)(C)c1ccc(N2CCC(NC(=O)C3(N)CCOCC3)CC2)cc1. The monoisotopic (exact) mass is 359 g/mol. The van der Waals surface area contributed by atoms with Gasteiger partial charge in [-0.25, -0.2) is 0 Å². The molecule has 0 aliphatic carbocycles. The minimum Gasteiger partial charge on any atom is -0.381 e. The number of benzene rings is 1. The van der Waals surface area contributed by atoms with Crippen molar-refractivity contribution in [3.05, 3.63) is 29.8 Å². The number of piperidine rings is 1. The van der Waals surface area contributed by atoms with Crippen molar-refractivity contribution >= 4 is 11.6 Å². The molecule has 144 valence electrons. The van der Waals surface area contributed by atoms with Gasteiger partial charge in [-0.05, 0) is 48.8 Å². The van der Waals surface area contributed by atoms with Gasteiger partial charge in [-0.1, -0.05) is 32.9 Å². The molecule has 2 aliphatic heterocycles. The van der Waals surface area contributed by atoms with E-state index in [2.05, 4.69) is 55.3 Å². The molecule has 5 nitrogen and oxygen atoms in total. The summed E-state index contributed by atoms with van der Waals surface area (Å²) in [5, 5.41) is 3.18. The van der Waals surface area contributed by atoms with E-state index >= 15 is 0 Å². The fourth-order valence-electron chi connectivity index (χ4n) is 3.75. The summed E-state index contributed by atoms with van der Waals surface area (Å²) >= 11 is 0. The van der Waals surface area contributed by atoms with E-state index in [4.69, 9.17) is 10.5 Å². The third-order valence-corrected chi connectivity index (χ3v) is 5.77. The van der Waals surface area contributed by atoms with Crippen molar-refractivity contribution in [1.29, 1.82) is 0 Å². The van der Waals surface area contributed by atoms with Crippen LogP contribution in [0.15, 0.2) is 24.3 Å². The molecule has 0 bridgehead atoms. The second-order valence-electron chi connectivity index (χ2n) is 8.80. The third-order valence-electron chi connectivity index (χ3n) is 5.77. The number of nitrogens with two attached hydrogens (primary N) is 1. The molecule has 2 fully saturated rings. The number of hydrogen-bond acceptors (Lipinski definition) is 4. The number of carbonyl (C=O) groups excluding carboxylic acids is 1. The Balaban J connectivity index is 1.52. The molecule has 3 rings (SSSR count). The molecule has 2 heterocycles. The van der Waals surface area contributed by atoms with E-state index in [0.29, 0.717) is 26.1 Å². The summed E-state index contributed by atoms with van der Waals surface area (Å²) in [5.74, 6) is -0.00576. The van der Waals surface area contributed by atoms with Gasteiger partial charge in [-0.3, -0.25) is 4.79 Å². The Bertz CT molecular complexity index is 607. The number of nitrogens with zero attached hydrogens (tertiary/aromatic N) is 1. The minimum atomic E-state index is -0.752. The van der Waals surface area contributed by atoms with Gasteiger partial charge in [0, 0.05) is 38.0 Å². The van der Waals surface area contributed by atoms with Crippen LogP contribution in [0.3, 0.4) is 0 Å². The standard InChI is InChI=1S/C21H33N3O2/c1-20(2,3)16-4-6-18(7-5-16)24-12-8-17(9-13-24)23-19(25)21(22)10-14-26-15-11-21/h4-7,17H,8-15,22H2,1-3H3,(H,23,25). The van der Waals surface area contributed by atoms with E-state index in [0.717, 1.165) is 25.9 Å². The van der Waals surface area contributed by atoms with Crippen molar-refractivity contribution in [2.24, 2.45) is 5.73 Å². The van der Waals surface area contributed by atoms with Crippen LogP contribution in [0.2, 0.25) is 0 Å². The van der Waals surface area contributed by atoms with Crippen LogP contribution in [0, 0.1) is 0 Å². The lowest BCUT2D eigenvalue weighted by atomic mass is 9.87. The van der Waals surface area contributed by atoms with Crippen molar-refractivity contribution in [2.75, 3.05) is 31.2 Å². The highest BCUT2D eigenvalue weighted by Gasteiger charge is 2.37. The van der Waals surface area contributed by atoms with Gasteiger partial charge in [-0.2, -0.15) is 0 Å². The first kappa shape index (κ1) is 19.2. The first-order valence-electron chi connectivity index (χ1n) is 9.81. The van der Waals surface area contributed by atoms with E-state index in [-0.39, 0.29) is 17.4 Å². The Morgan fingerprint density at radius 3 is 2.27 bits per heavy atom. The van der Waals surface area contributed by atoms with Crippen LogP contribution in [0.5, 0.6) is 0 Å². The third kappa shape index (κ3) is 4.38. The van der Waals surface area contributed by atoms with Gasteiger partial charge in [0.05, 0.1) is 5.54 Å². The largest absolute Gasteiger partial charge is 0.381 e. The predicted molar refractivity (Wildman–Crippen MR) is 105 cm³/mol. The number of rotatable bonds is 3. The summed E-state index contributed by atoms with van der Waals surface area (Å²) in [6.07, 6.45) is 3.13. The minimum absolute atomic E-state index is 0.00576. The average molecular weight is 360 g/mol. The van der Waals surface area contributed by atoms with E-state index < -0.39 is 5.54 Å². The summed E-state index contributed by atoms with van der Waals surface area (Å²) in [4.78, 5) is 15.0. The van der Waals surface area contributed by atoms with Crippen LogP contribution < -0.4 is 16.0 Å². The molecular weight excluding hydrogens is 326 g/mol. The van der Waals surface area contributed by atoms with Gasteiger partial charge in [-0.15, -0.1) is 0 Å². The molecule has 1 amide bonds. The fourth-order valence-corrected chi connectivity index (χ4v) is 3.75. The average Bonchev–Trinajstić information content (AvgIpc) is 2.62. The van der Waals surface area contributed by atoms with Gasteiger partial charge in [0.1, 0.15) is 0 Å². The van der Waals surface area contributed by atoms with Gasteiger partial charge >= 0.3 is 0 Å². The molecule has 2 saturated heterocycles. The maximum absolute atomic E-state index is 12.6. The van der Waals surface area contributed by atoms with Crippen LogP contribution >= 0.6 is 0 Å². The van der Waals surface area contributed by atoms with Crippen molar-refractivity contribution < 1.29 is 9.53 Å². The maximum atomic E-state index is 12.6. The second kappa shape index (κ2) is 7.57. The van der Waals surface area contributed by atoms with Crippen molar-refractivity contribution in [2.45, 2.75) is 63.5 Å². The first-order chi connectivity index (χ1) is 12.3. The zero-order valence-electron chi connectivity index (χ0n) is 16.4. The summed E-state index contributed by atoms with van der Waals surface area (Å²) in [6.45, 7) is 9.78. The lowest BCUT2D eigenvalue weighted by Gasteiger charge is -2.37. The maximum Gasteiger partial charge on any atom is 0.240 e. The lowest BCUT2D eigenvalue weighted by molar-refractivity contribution is -0.130. The first-order valence-corrected chi connectivity index (χ1v) is 9.81. The highest BCUT2D eigenvalue weighted by atomic mass is 16.5. The number of anilines is 1. The molecule has 1 aromatic carbocycles. The molecule has 2 aliphatic rings. The number of amides is 1. The Labute approximate surface area is 157 Å². The molecule has 0 spiro atoms. The normalized spacial score (nSPS) is 21.5. The van der Waals surface area contributed by atoms with E-state index in [9.17, 15) is 4.79 Å². The summed E-state index contributed by atoms with van der Waals surface area (Å²) in [7, 11) is 0. The highest BCUT2D eigenvalue weighted by Crippen LogP contribution is 2.27. The zero-order chi connectivity index (χ0) is 18.8. The van der Waals surface area contributed by atoms with E-state index in [1.54, 1.807) is 0 Å². The number of hydrogen-bond donors (Lipinski definition) is 2. The Hall–Kier alpha value is -1.59. The van der Waals surface area contributed by atoms with Crippen molar-refractivity contribution in [1.82, 2.24) is 5.32 Å². The van der Waals surface area contributed by atoms with Crippen LogP contribution in [-0.4, -0.2) is 43.8 Å². The highest BCUT2D eigenvalue weighted by molar-refractivity contribution is 5.86. The molecule has 0 radical (unpaired) electrons. The van der Waals surface area contributed by atoms with Gasteiger partial charge in [0.15, 0.2) is 0 Å². The molecule has 0 unspecified atom stereocenters. The molecule has 1 aromatic rings. The van der Waals surface area contributed by atoms with Gasteiger partial charge in [0.2, 0.25) is 5.91 Å². The van der Waals surface area contributed by atoms with Crippen molar-refractivity contribution in [3.8, 4) is 0 Å². The number of ether oxygens (including phenoxy) is 1. The Morgan fingerprint density at radius 2 is 1.73 bits per heavy atom. The molecule has 26 heavy (non-hydrogen) atoms. The van der Waals surface area contributed by atoms with Crippen molar-refractivity contribution in [3.63, 3.8) is 0 Å². The van der Waals surface area contributed by atoms with Gasteiger partial charge < -0.3 is 20.7 Å². The quantitative estimate of drug-likeness (QED) is 0.870. The van der Waals surface area contributed by atoms with E-state index in [1.165, 1.54) is 11.3 Å². The predicted octanol–water partition coefficient (Wildman–Crippen LogP) is 2.58. The molecule has 5 heteroatoms. The molecule has 3 N–H and O–H groups in total. The molecule has 0 aromatic heterocycles. The van der Waals surface area contributed by atoms with Crippen LogP contribution in [0.1, 0.15) is 52.0 Å². The molecular formula is C21H33N3O2. The second-order valence-corrected chi connectivity index (χ2v) is 8.80. The smallest absolute Gasteiger partial charge is 0.240 e. The topological polar surface area (TPSA) is 67.6 Å². The number of nitrogens with one attached hydrogen (secondary N) is 1. The Morgan fingerprint density at radius 1 is 1.15 bits per heavy atom. The van der Waals surface area contributed by atoms with Gasteiger partial charge in [0.25, 0.3) is 0 Å². The molecule has 0 atom stereocenters. The van der Waals surface area contributed by atoms with Crippen LogP contribution in [-0.2, 0) is 14.9 Å². The van der Waals surface area contributed by atoms with Crippen LogP contribution in [0.25, 0.3) is 0 Å². The fraction of sp³-hybridized carbons (Fsp3) is 0.667. The zero-order valence-corrected chi connectivity index (χ0v) is 16.4. The lowest BCUT2D eigenvalue weighted by Crippen LogP contribution is -2.59. The Kier molecular flexibility index (Phi) is 5.58. The van der Waals surface area contributed by atoms with Crippen LogP contribution in [0.4, 0.5) is 5.69 Å². The van der Waals surface area contributed by atoms with E-state index in [1.807, 2.05) is 0 Å². The summed E-state index contributed by atoms with van der Waals surface area (Å²) in [6, 6.07) is 9.11. The summed E-state index contributed by atoms with van der Waals surface area (Å²) < 4.78 is 5.33. The summed E-state index contributed by atoms with van der Waals surface area (Å²) in [5.41, 5.74) is 8.33.